The van der Waals surface area contributed by atoms with Crippen LogP contribution in [0.5, 0.6) is 0 Å². The lowest BCUT2D eigenvalue weighted by atomic mass is 9.90. The van der Waals surface area contributed by atoms with E-state index in [0.29, 0.717) is 0 Å². The second kappa shape index (κ2) is 7.62. The molecular formula is C21H19N3OS. The van der Waals surface area contributed by atoms with Gasteiger partial charge in [0, 0.05) is 23.1 Å². The number of amides is 1. The van der Waals surface area contributed by atoms with Gasteiger partial charge < -0.3 is 0 Å². The van der Waals surface area contributed by atoms with Crippen molar-refractivity contribution in [3.05, 3.63) is 76.1 Å². The Morgan fingerprint density at radius 1 is 1.04 bits per heavy atom. The van der Waals surface area contributed by atoms with E-state index in [-0.39, 0.29) is 12.3 Å². The Bertz CT molecular complexity index is 947. The number of aryl methyl sites for hydroxylation is 1. The van der Waals surface area contributed by atoms with Crippen LogP contribution in [0.3, 0.4) is 0 Å². The fourth-order valence-corrected chi connectivity index (χ4v) is 3.91. The molecule has 5 heteroatoms. The van der Waals surface area contributed by atoms with E-state index in [1.807, 2.05) is 41.8 Å². The zero-order valence-corrected chi connectivity index (χ0v) is 15.1. The molecule has 0 spiro atoms. The lowest BCUT2D eigenvalue weighted by Gasteiger charge is -2.17. The molecule has 1 heterocycles. The molecule has 0 unspecified atom stereocenters. The summed E-state index contributed by atoms with van der Waals surface area (Å²) in [6, 6.07) is 18.4. The summed E-state index contributed by atoms with van der Waals surface area (Å²) in [4.78, 5) is 16.7. The van der Waals surface area contributed by atoms with Gasteiger partial charge in [-0.25, -0.2) is 10.4 Å². The summed E-state index contributed by atoms with van der Waals surface area (Å²) in [5.41, 5.74) is 8.39. The highest BCUT2D eigenvalue weighted by atomic mass is 32.1. The van der Waals surface area contributed by atoms with E-state index < -0.39 is 0 Å². The number of rotatable bonds is 4. The molecule has 4 rings (SSSR count). The second-order valence-corrected chi connectivity index (χ2v) is 7.27. The minimum atomic E-state index is -0.120. The van der Waals surface area contributed by atoms with Crippen LogP contribution in [0, 0.1) is 0 Å². The van der Waals surface area contributed by atoms with Crippen LogP contribution in [0.25, 0.3) is 11.3 Å². The summed E-state index contributed by atoms with van der Waals surface area (Å²) in [5, 5.41) is 7.13. The van der Waals surface area contributed by atoms with Gasteiger partial charge in [0.2, 0.25) is 5.91 Å². The van der Waals surface area contributed by atoms with Crippen LogP contribution < -0.4 is 5.43 Å². The Morgan fingerprint density at radius 2 is 1.81 bits per heavy atom. The molecule has 0 bridgehead atoms. The minimum Gasteiger partial charge on any atom is -0.273 e. The van der Waals surface area contributed by atoms with Crippen LogP contribution in [0.15, 0.2) is 65.1 Å². The first-order valence-corrected chi connectivity index (χ1v) is 9.57. The van der Waals surface area contributed by atoms with Crippen LogP contribution in [0.4, 0.5) is 0 Å². The highest BCUT2D eigenvalue weighted by Crippen LogP contribution is 2.22. The summed E-state index contributed by atoms with van der Waals surface area (Å²) in [5.74, 6) is -0.120. The normalized spacial score (nSPS) is 14.8. The van der Waals surface area contributed by atoms with E-state index in [4.69, 9.17) is 0 Å². The van der Waals surface area contributed by atoms with Gasteiger partial charge >= 0.3 is 0 Å². The molecule has 0 saturated carbocycles. The van der Waals surface area contributed by atoms with Crippen LogP contribution in [-0.2, 0) is 24.1 Å². The van der Waals surface area contributed by atoms with Crippen LogP contribution >= 0.6 is 11.3 Å². The maximum Gasteiger partial charge on any atom is 0.246 e. The Hall–Kier alpha value is -2.79. The summed E-state index contributed by atoms with van der Waals surface area (Å²) < 4.78 is 0. The summed E-state index contributed by atoms with van der Waals surface area (Å²) in [6.45, 7) is 0. The van der Waals surface area contributed by atoms with Crippen LogP contribution in [0.1, 0.15) is 22.6 Å². The second-order valence-electron chi connectivity index (χ2n) is 6.33. The Kier molecular flexibility index (Phi) is 4.88. The third-order valence-corrected chi connectivity index (χ3v) is 5.32. The van der Waals surface area contributed by atoms with Crippen molar-refractivity contribution < 1.29 is 4.79 Å². The van der Waals surface area contributed by atoms with Gasteiger partial charge in [0.25, 0.3) is 0 Å². The van der Waals surface area contributed by atoms with Gasteiger partial charge in [-0.3, -0.25) is 4.79 Å². The molecule has 0 saturated heterocycles. The van der Waals surface area contributed by atoms with Crippen molar-refractivity contribution in [3.63, 3.8) is 0 Å². The number of hydrazone groups is 1. The Balaban J connectivity index is 1.36. The largest absolute Gasteiger partial charge is 0.273 e. The van der Waals surface area contributed by atoms with Crippen molar-refractivity contribution in [1.29, 1.82) is 0 Å². The number of hydrogen-bond acceptors (Lipinski definition) is 4. The molecule has 3 aromatic rings. The maximum atomic E-state index is 12.2. The number of hydrogen-bond donors (Lipinski definition) is 1. The van der Waals surface area contributed by atoms with E-state index in [1.54, 1.807) is 0 Å². The van der Waals surface area contributed by atoms with E-state index in [2.05, 4.69) is 33.7 Å². The van der Waals surface area contributed by atoms with Crippen LogP contribution in [0.2, 0.25) is 0 Å². The quantitative estimate of drug-likeness (QED) is 0.714. The molecule has 0 aliphatic heterocycles. The first-order valence-electron chi connectivity index (χ1n) is 8.69. The molecule has 0 radical (unpaired) electrons. The summed E-state index contributed by atoms with van der Waals surface area (Å²) in [6.07, 6.45) is 2.95. The SMILES string of the molecule is O=C(Cc1nc(-c2ccccc2)cs1)N/N=C1/CCc2ccccc2C1. The number of nitrogens with zero attached hydrogens (tertiary/aromatic N) is 2. The van der Waals surface area contributed by atoms with Crippen molar-refractivity contribution in [2.45, 2.75) is 25.7 Å². The molecule has 1 amide bonds. The molecule has 130 valence electrons. The Morgan fingerprint density at radius 3 is 2.65 bits per heavy atom. The minimum absolute atomic E-state index is 0.120. The summed E-state index contributed by atoms with van der Waals surface area (Å²) >= 11 is 1.50. The fourth-order valence-electron chi connectivity index (χ4n) is 3.11. The van der Waals surface area contributed by atoms with Gasteiger partial charge in [0.05, 0.1) is 12.1 Å². The molecule has 2 aromatic carbocycles. The molecular weight excluding hydrogens is 342 g/mol. The maximum absolute atomic E-state index is 12.2. The van der Waals surface area contributed by atoms with Gasteiger partial charge in [0.1, 0.15) is 5.01 Å². The number of carbonyl (C=O) groups excluding carboxylic acids is 1. The van der Waals surface area contributed by atoms with Gasteiger partial charge in [0.15, 0.2) is 0 Å². The zero-order valence-electron chi connectivity index (χ0n) is 14.3. The third kappa shape index (κ3) is 3.89. The highest BCUT2D eigenvalue weighted by Gasteiger charge is 2.14. The predicted octanol–water partition coefficient (Wildman–Crippen LogP) is 4.01. The van der Waals surface area contributed by atoms with E-state index in [1.165, 1.54) is 22.5 Å². The van der Waals surface area contributed by atoms with Crippen molar-refractivity contribution in [1.82, 2.24) is 10.4 Å². The number of nitrogens with one attached hydrogen (secondary N) is 1. The van der Waals surface area contributed by atoms with Gasteiger partial charge in [-0.05, 0) is 24.0 Å². The molecule has 0 atom stereocenters. The molecule has 1 aromatic heterocycles. The summed E-state index contributed by atoms with van der Waals surface area (Å²) in [7, 11) is 0. The monoisotopic (exact) mass is 361 g/mol. The average molecular weight is 361 g/mol. The van der Waals surface area contributed by atoms with Crippen molar-refractivity contribution in [2.24, 2.45) is 5.10 Å². The number of thiazole rings is 1. The molecule has 26 heavy (non-hydrogen) atoms. The zero-order chi connectivity index (χ0) is 17.8. The van der Waals surface area contributed by atoms with Gasteiger partial charge in [-0.1, -0.05) is 54.6 Å². The molecule has 1 N–H and O–H groups in total. The molecule has 1 aliphatic carbocycles. The first-order chi connectivity index (χ1) is 12.8. The van der Waals surface area contributed by atoms with Crippen LogP contribution in [-0.4, -0.2) is 16.6 Å². The molecule has 0 fully saturated rings. The van der Waals surface area contributed by atoms with Gasteiger partial charge in [-0.15, -0.1) is 11.3 Å². The third-order valence-electron chi connectivity index (χ3n) is 4.47. The highest BCUT2D eigenvalue weighted by molar-refractivity contribution is 7.10. The predicted molar refractivity (Wildman–Crippen MR) is 105 cm³/mol. The topological polar surface area (TPSA) is 54.4 Å². The van der Waals surface area contributed by atoms with Crippen molar-refractivity contribution >= 4 is 23.0 Å². The molecule has 4 nitrogen and oxygen atoms in total. The fraction of sp³-hybridized carbons (Fsp3) is 0.190. The Labute approximate surface area is 156 Å². The number of aromatic nitrogens is 1. The van der Waals surface area contributed by atoms with E-state index in [0.717, 1.165) is 41.2 Å². The number of fused-ring (bicyclic) bond motifs is 1. The standard InChI is InChI=1S/C21H19N3OS/c25-20(13-21-22-19(14-26-21)16-7-2-1-3-8-16)24-23-18-11-10-15-6-4-5-9-17(15)12-18/h1-9,14H,10-13H2,(H,24,25)/b23-18-. The number of carbonyl (C=O) groups is 1. The first kappa shape index (κ1) is 16.7. The lowest BCUT2D eigenvalue weighted by molar-refractivity contribution is -0.120. The van der Waals surface area contributed by atoms with Crippen molar-refractivity contribution in [2.75, 3.05) is 0 Å². The van der Waals surface area contributed by atoms with Crippen molar-refractivity contribution in [3.8, 4) is 11.3 Å². The van der Waals surface area contributed by atoms with Gasteiger partial charge in [-0.2, -0.15) is 5.10 Å². The molecule has 1 aliphatic rings. The van der Waals surface area contributed by atoms with E-state index in [9.17, 15) is 4.79 Å². The van der Waals surface area contributed by atoms with E-state index >= 15 is 0 Å². The number of benzene rings is 2. The average Bonchev–Trinajstić information content (AvgIpc) is 3.15. The smallest absolute Gasteiger partial charge is 0.246 e. The lowest BCUT2D eigenvalue weighted by Crippen LogP contribution is -2.24.